The number of nitrogens with zero attached hydrogens (tertiary/aromatic N) is 8. The summed E-state index contributed by atoms with van der Waals surface area (Å²) in [6, 6.07) is 1.06. The maximum Gasteiger partial charge on any atom is 0.472 e. The summed E-state index contributed by atoms with van der Waals surface area (Å²) in [6.45, 7) is 13.5. The van der Waals surface area contributed by atoms with Crippen LogP contribution in [0.1, 0.15) is 60.1 Å². The predicted molar refractivity (Wildman–Crippen MR) is 356 cm³/mol. The summed E-state index contributed by atoms with van der Waals surface area (Å²) in [7, 11) is -18.6. The topological polar surface area (TPSA) is 570 Å². The van der Waals surface area contributed by atoms with Gasteiger partial charge in [0.2, 0.25) is 36.7 Å². The second-order valence-corrected chi connectivity index (χ2v) is 29.3. The van der Waals surface area contributed by atoms with Crippen molar-refractivity contribution in [2.45, 2.75) is 157 Å². The first kappa shape index (κ1) is 93.2. The number of ether oxygens (including phenoxy) is 5. The van der Waals surface area contributed by atoms with Crippen LogP contribution in [0.25, 0.3) is 0 Å². The normalized spacial score (nSPS) is 28.4. The number of carbonyl (C=O) groups is 3. The predicted octanol–water partition coefficient (Wildman–Crippen LogP) is 2.26. The molecule has 0 bridgehead atoms. The molecule has 2 amide bonds. The molecule has 4 saturated heterocycles. The number of phosphoric acid groups is 4. The van der Waals surface area contributed by atoms with Gasteiger partial charge in [-0.1, -0.05) is 40.5 Å². The van der Waals surface area contributed by atoms with E-state index in [2.05, 4.69) is 82.0 Å². The molecule has 16 atom stereocenters. The first-order valence-electron chi connectivity index (χ1n) is 31.4. The van der Waals surface area contributed by atoms with Gasteiger partial charge in [-0.15, -0.1) is 11.6 Å². The first-order chi connectivity index (χ1) is 50.3. The van der Waals surface area contributed by atoms with Gasteiger partial charge < -0.3 is 105 Å². The third kappa shape index (κ3) is 26.1. The number of carbonyl (C=O) groups excluding carboxylic acids is 3. The van der Waals surface area contributed by atoms with Crippen LogP contribution < -0.4 is 27.8 Å². The summed E-state index contributed by atoms with van der Waals surface area (Å²) in [4.78, 5) is 108. The van der Waals surface area contributed by atoms with E-state index in [4.69, 9.17) is 56.5 Å². The maximum absolute atomic E-state index is 14.5. The first-order valence-corrected chi connectivity index (χ1v) is 37.9. The molecule has 4 fully saturated rings. The average Bonchev–Trinajstić information content (AvgIpc) is 1.65. The Morgan fingerprint density at radius 2 is 0.927 bits per heavy atom. The molecule has 7 aliphatic heterocycles. The molecule has 109 heavy (non-hydrogen) atoms. The molecule has 0 saturated carbocycles. The van der Waals surface area contributed by atoms with Crippen molar-refractivity contribution in [2.75, 3.05) is 58.2 Å². The minimum atomic E-state index is -4.96. The Balaban J connectivity index is 0.000000261. The molecule has 0 spiro atoms. The van der Waals surface area contributed by atoms with Crippen LogP contribution in [0.3, 0.4) is 0 Å². The number of esters is 1. The Morgan fingerprint density at radius 3 is 1.28 bits per heavy atom. The standard InChI is InChI=1S/C16H23ClF2N3O8P.C15H22F2N3O7P.C13H20F2N3O6P.C11H14F2N3O8P/c1-3-13(23)27-6-10(17)7-28-31(25,26)29-8-11-14(24)16(18,19)15(30-11)22-5-4-12(20)21-9(22)2;1-4-7-25-28(23,24)26-8-11-13(22)15(16,17)14(27-11)20-6-5-12(18-9(20)2)19-10(3)21;1-3-6-22-25(20,21)23-7-9-11(19)13(14,15)12(24-9)18-5-4-10(16)17-8(18)2;1-5(17)14-7-2-3-16(10(19)15-7)9-11(12,13)8(18)6(24-9)4-23-25(20,21)22/h4-5,10-11,14-15,24H,2-3,6-8H2,1H3,(H2,20,21)(H,25,26);5-6,11,13-14,22H,2,4,7-8H2,1,3H3,(H,23,24)(H,18,19,21);4-5,9,11-12,19H,2-3,6-7H2,1H3,(H2,16,17)(H,20,21);2-3,6,8-9,18H,4H2,1H3,(H2,20,21,22)(H,14,15,17,19)/t10?,11-,14+,15-;11-,13+,14-;9-,11+,12-;6-,8+,9-/m1111/s1. The number of anilines is 1. The van der Waals surface area contributed by atoms with Gasteiger partial charge >= 0.3 is 66.6 Å². The van der Waals surface area contributed by atoms with Crippen molar-refractivity contribution in [1.82, 2.24) is 29.6 Å². The Hall–Kier alpha value is -6.41. The van der Waals surface area contributed by atoms with E-state index in [0.717, 1.165) is 46.3 Å². The highest BCUT2D eigenvalue weighted by Crippen LogP contribution is 2.50. The van der Waals surface area contributed by atoms with E-state index in [1.807, 2.05) is 0 Å². The van der Waals surface area contributed by atoms with E-state index < -0.39 is 191 Å². The molecule has 0 aromatic carbocycles. The smallest absolute Gasteiger partial charge is 0.464 e. The minimum absolute atomic E-state index is 0.0432. The highest BCUT2D eigenvalue weighted by Gasteiger charge is 2.64. The fourth-order valence-electron chi connectivity index (χ4n) is 9.31. The molecule has 0 aliphatic carbocycles. The third-order valence-electron chi connectivity index (χ3n) is 14.5. The SMILES string of the molecule is C=C1N=C(N)C=CN1[C@@H]1O[C@H](COP(=O)(O)OCC(Cl)COC(=O)CC)[C@H](O)C1(F)F.C=C1N=C(N)C=CN1[C@@H]1O[C@H](COP(=O)(O)OCCC)[C@H](O)C1(F)F.C=C1N=C(NC(C)=O)C=CN1[C@@H]1O[C@H](COP(=O)(O)OCCC)[C@H](O)C1(F)F.CC(=O)Nc1ccn([C@@H]2O[C@H](COP(=O)(O)O)[C@H](O)C2(F)F)c(=O)n1. The number of halogens is 9. The number of aromatic nitrogens is 2. The van der Waals surface area contributed by atoms with Gasteiger partial charge in [0.25, 0.3) is 0 Å². The van der Waals surface area contributed by atoms with E-state index in [0.29, 0.717) is 17.4 Å². The Kier molecular flexibility index (Phi) is 33.2. The van der Waals surface area contributed by atoms with Crippen molar-refractivity contribution < 1.29 is 168 Å². The number of aliphatic imine (C=N–C) groups is 3. The number of rotatable bonds is 29. The summed E-state index contributed by atoms with van der Waals surface area (Å²) in [5.74, 6) is -17.1. The van der Waals surface area contributed by atoms with Gasteiger partial charge in [-0.3, -0.25) is 50.6 Å². The molecular formula is C55H79ClF8N12O29P4. The van der Waals surface area contributed by atoms with Crippen LogP contribution in [-0.2, 0) is 88.0 Å². The second-order valence-electron chi connectivity index (χ2n) is 23.1. The number of aliphatic hydroxyl groups is 4. The highest BCUT2D eigenvalue weighted by atomic mass is 35.5. The summed E-state index contributed by atoms with van der Waals surface area (Å²) in [6.07, 6.45) is -15.1. The van der Waals surface area contributed by atoms with Gasteiger partial charge in [-0.2, -0.15) is 40.1 Å². The van der Waals surface area contributed by atoms with Crippen molar-refractivity contribution in [3.8, 4) is 0 Å². The van der Waals surface area contributed by atoms with E-state index >= 15 is 0 Å². The fourth-order valence-corrected chi connectivity index (χ4v) is 12.3. The molecule has 1 aromatic rings. The van der Waals surface area contributed by atoms with Crippen molar-refractivity contribution in [1.29, 1.82) is 0 Å². The highest BCUT2D eigenvalue weighted by molar-refractivity contribution is 7.48. The number of phosphoric ester groups is 4. The zero-order valence-corrected chi connectivity index (χ0v) is 62.0. The number of hydrogen-bond acceptors (Lipinski definition) is 33. The molecular weight excluding hydrogens is 1600 g/mol. The van der Waals surface area contributed by atoms with E-state index in [9.17, 15) is 108 Å². The van der Waals surface area contributed by atoms with Gasteiger partial charge in [-0.05, 0) is 37.1 Å². The maximum atomic E-state index is 14.5. The lowest BCUT2D eigenvalue weighted by atomic mass is 10.1. The minimum Gasteiger partial charge on any atom is -0.464 e. The molecule has 41 nitrogen and oxygen atoms in total. The quantitative estimate of drug-likeness (QED) is 0.0237. The largest absolute Gasteiger partial charge is 0.472 e. The summed E-state index contributed by atoms with van der Waals surface area (Å²) < 4.78 is 218. The number of alkyl halides is 9. The van der Waals surface area contributed by atoms with Gasteiger partial charge in [0.15, 0.2) is 24.4 Å². The molecule has 8 rings (SSSR count). The van der Waals surface area contributed by atoms with Gasteiger partial charge in [0.1, 0.15) is 71.8 Å². The van der Waals surface area contributed by atoms with Crippen LogP contribution in [0.2, 0.25) is 0 Å². The lowest BCUT2D eigenvalue weighted by Crippen LogP contribution is -2.47. The average molecular weight is 1680 g/mol. The number of amides is 2. The van der Waals surface area contributed by atoms with Crippen LogP contribution in [0.15, 0.2) is 106 Å². The zero-order valence-electron chi connectivity index (χ0n) is 57.6. The molecule has 616 valence electrons. The molecule has 7 aliphatic rings. The molecule has 0 radical (unpaired) electrons. The van der Waals surface area contributed by atoms with Crippen molar-refractivity contribution >= 4 is 84.0 Å². The monoisotopic (exact) mass is 1680 g/mol. The number of nitrogens with two attached hydrogens (primary N) is 2. The second kappa shape index (κ2) is 38.9. The number of nitrogens with one attached hydrogen (secondary N) is 2. The summed E-state index contributed by atoms with van der Waals surface area (Å²) >= 11 is 5.81. The van der Waals surface area contributed by atoms with Crippen LogP contribution in [0.5, 0.6) is 0 Å². The fraction of sp³-hybridized carbons (Fsp3) is 0.600. The molecule has 4 unspecified atom stereocenters. The van der Waals surface area contributed by atoms with Gasteiger partial charge in [0.05, 0.1) is 51.6 Å². The summed E-state index contributed by atoms with van der Waals surface area (Å²) in [5.41, 5.74) is 9.72. The van der Waals surface area contributed by atoms with Crippen LogP contribution >= 0.6 is 42.9 Å². The van der Waals surface area contributed by atoms with Crippen LogP contribution in [0, 0.1) is 0 Å². The number of amidine groups is 3. The summed E-state index contributed by atoms with van der Waals surface area (Å²) in [5, 5.41) is 42.9. The van der Waals surface area contributed by atoms with Crippen LogP contribution in [0.4, 0.5) is 40.9 Å². The van der Waals surface area contributed by atoms with Gasteiger partial charge in [-0.25, -0.2) is 38.0 Å². The Morgan fingerprint density at radius 1 is 0.569 bits per heavy atom. The van der Waals surface area contributed by atoms with Crippen LogP contribution in [-0.4, -0.2) is 254 Å². The van der Waals surface area contributed by atoms with Gasteiger partial charge in [0, 0.05) is 45.1 Å². The van der Waals surface area contributed by atoms with Crippen molar-refractivity contribution in [3.63, 3.8) is 0 Å². The lowest BCUT2D eigenvalue weighted by Gasteiger charge is -2.32. The van der Waals surface area contributed by atoms with E-state index in [1.165, 1.54) is 31.4 Å². The Labute approximate surface area is 617 Å². The van der Waals surface area contributed by atoms with E-state index in [1.54, 1.807) is 20.8 Å². The van der Waals surface area contributed by atoms with Crippen molar-refractivity contribution in [3.05, 3.63) is 96.8 Å². The van der Waals surface area contributed by atoms with Crippen molar-refractivity contribution in [2.24, 2.45) is 26.4 Å². The number of aliphatic hydroxyl groups excluding tert-OH is 4. The van der Waals surface area contributed by atoms with E-state index in [-0.39, 0.29) is 67.0 Å². The number of hydrogen-bond donors (Lipinski definition) is 13. The molecule has 54 heteroatoms. The lowest BCUT2D eigenvalue weighted by molar-refractivity contribution is -0.148. The molecule has 8 heterocycles. The molecule has 15 N–H and O–H groups in total. The third-order valence-corrected chi connectivity index (χ3v) is 18.2. The molecule has 1 aromatic heterocycles. The Bertz CT molecular complexity index is 3890. The zero-order chi connectivity index (χ0) is 82.3.